The molecule has 3 rings (SSSR count). The number of aryl methyl sites for hydroxylation is 1. The van der Waals surface area contributed by atoms with Gasteiger partial charge in [-0.05, 0) is 37.3 Å². The third kappa shape index (κ3) is 1.97. The molecule has 0 spiro atoms. The fourth-order valence-corrected chi connectivity index (χ4v) is 2.13. The molecule has 0 atom stereocenters. The minimum absolute atomic E-state index is 0.667. The summed E-state index contributed by atoms with van der Waals surface area (Å²) in [4.78, 5) is 4.53. The maximum absolute atomic E-state index is 5.31. The van der Waals surface area contributed by atoms with Crippen molar-refractivity contribution in [3.63, 3.8) is 0 Å². The van der Waals surface area contributed by atoms with Crippen molar-refractivity contribution in [2.75, 3.05) is 14.2 Å². The average molecular weight is 269 g/mol. The molecule has 0 aliphatic heterocycles. The van der Waals surface area contributed by atoms with Crippen LogP contribution < -0.4 is 9.47 Å². The number of benzene rings is 1. The summed E-state index contributed by atoms with van der Waals surface area (Å²) >= 11 is 0. The molecule has 0 aliphatic rings. The van der Waals surface area contributed by atoms with Gasteiger partial charge in [0.1, 0.15) is 0 Å². The van der Waals surface area contributed by atoms with Crippen molar-refractivity contribution < 1.29 is 9.47 Å². The lowest BCUT2D eigenvalue weighted by Gasteiger charge is -2.07. The van der Waals surface area contributed by atoms with E-state index in [-0.39, 0.29) is 0 Å². The van der Waals surface area contributed by atoms with Crippen LogP contribution in [-0.4, -0.2) is 28.8 Å². The molecule has 0 unspecified atom stereocenters. The number of aromatic nitrogens is 3. The first-order valence-corrected chi connectivity index (χ1v) is 6.27. The smallest absolute Gasteiger partial charge is 0.182 e. The van der Waals surface area contributed by atoms with E-state index in [1.807, 2.05) is 47.8 Å². The highest BCUT2D eigenvalue weighted by Gasteiger charge is 2.11. The zero-order valence-electron chi connectivity index (χ0n) is 11.6. The number of rotatable bonds is 3. The Morgan fingerprint density at radius 3 is 2.50 bits per heavy atom. The fourth-order valence-electron chi connectivity index (χ4n) is 2.13. The van der Waals surface area contributed by atoms with Crippen LogP contribution in [-0.2, 0) is 0 Å². The second kappa shape index (κ2) is 4.85. The van der Waals surface area contributed by atoms with Gasteiger partial charge in [-0.2, -0.15) is 0 Å². The van der Waals surface area contributed by atoms with Crippen LogP contribution >= 0.6 is 0 Å². The maximum atomic E-state index is 5.31. The summed E-state index contributed by atoms with van der Waals surface area (Å²) in [5.41, 5.74) is 2.77. The molecule has 0 aliphatic carbocycles. The molecule has 1 aromatic carbocycles. The van der Waals surface area contributed by atoms with E-state index in [1.165, 1.54) is 0 Å². The first-order valence-electron chi connectivity index (χ1n) is 6.27. The van der Waals surface area contributed by atoms with E-state index in [0.29, 0.717) is 17.3 Å². The Balaban J connectivity index is 2.13. The molecule has 0 bridgehead atoms. The minimum atomic E-state index is 0.667. The molecule has 102 valence electrons. The monoisotopic (exact) mass is 269 g/mol. The normalized spacial score (nSPS) is 10.8. The van der Waals surface area contributed by atoms with Gasteiger partial charge in [0.15, 0.2) is 23.0 Å². The van der Waals surface area contributed by atoms with Crippen molar-refractivity contribution >= 4 is 5.65 Å². The number of hydrogen-bond donors (Lipinski definition) is 0. The van der Waals surface area contributed by atoms with Crippen molar-refractivity contribution in [1.82, 2.24) is 14.6 Å². The van der Waals surface area contributed by atoms with Gasteiger partial charge in [0.2, 0.25) is 0 Å². The molecule has 0 fully saturated rings. The summed E-state index contributed by atoms with van der Waals surface area (Å²) in [6.07, 6.45) is 0. The quantitative estimate of drug-likeness (QED) is 0.733. The third-order valence-corrected chi connectivity index (χ3v) is 3.19. The SMILES string of the molecule is COc1ccc(-c2nc3cccc(C)n3n2)cc1OC. The Morgan fingerprint density at radius 1 is 1.00 bits per heavy atom. The fraction of sp³-hybridized carbons (Fsp3) is 0.200. The molecule has 3 aromatic rings. The molecular weight excluding hydrogens is 254 g/mol. The molecule has 5 heteroatoms. The molecule has 0 N–H and O–H groups in total. The van der Waals surface area contributed by atoms with Crippen LogP contribution in [0.15, 0.2) is 36.4 Å². The summed E-state index contributed by atoms with van der Waals surface area (Å²) in [6.45, 7) is 2.00. The van der Waals surface area contributed by atoms with Crippen molar-refractivity contribution in [1.29, 1.82) is 0 Å². The number of pyridine rings is 1. The Hall–Kier alpha value is -2.56. The van der Waals surface area contributed by atoms with Gasteiger partial charge in [-0.25, -0.2) is 9.50 Å². The Kier molecular flexibility index (Phi) is 3.02. The molecule has 5 nitrogen and oxygen atoms in total. The predicted molar refractivity (Wildman–Crippen MR) is 76.3 cm³/mol. The highest BCUT2D eigenvalue weighted by Crippen LogP contribution is 2.31. The van der Waals surface area contributed by atoms with E-state index in [4.69, 9.17) is 9.47 Å². The minimum Gasteiger partial charge on any atom is -0.493 e. The zero-order chi connectivity index (χ0) is 14.1. The summed E-state index contributed by atoms with van der Waals surface area (Å²) in [7, 11) is 3.23. The number of ether oxygens (including phenoxy) is 2. The summed E-state index contributed by atoms with van der Waals surface area (Å²) in [5.74, 6) is 2.03. The van der Waals surface area contributed by atoms with Gasteiger partial charge in [0, 0.05) is 11.3 Å². The average Bonchev–Trinajstić information content (AvgIpc) is 2.92. The van der Waals surface area contributed by atoms with Gasteiger partial charge in [-0.1, -0.05) is 6.07 Å². The Morgan fingerprint density at radius 2 is 1.80 bits per heavy atom. The van der Waals surface area contributed by atoms with Crippen LogP contribution in [0.25, 0.3) is 17.0 Å². The predicted octanol–water partition coefficient (Wildman–Crippen LogP) is 2.72. The topological polar surface area (TPSA) is 48.7 Å². The largest absolute Gasteiger partial charge is 0.493 e. The molecule has 0 amide bonds. The number of nitrogens with zero attached hydrogens (tertiary/aromatic N) is 3. The second-order valence-corrected chi connectivity index (χ2v) is 4.44. The Bertz CT molecular complexity index is 765. The standard InChI is InChI=1S/C15H15N3O2/c1-10-5-4-6-14-16-15(17-18(10)14)11-7-8-12(19-2)13(9-11)20-3/h4-9H,1-3H3. The Labute approximate surface area is 116 Å². The van der Waals surface area contributed by atoms with Crippen LogP contribution in [0, 0.1) is 6.92 Å². The highest BCUT2D eigenvalue weighted by molar-refractivity contribution is 5.63. The van der Waals surface area contributed by atoms with E-state index in [9.17, 15) is 0 Å². The molecule has 0 saturated carbocycles. The summed E-state index contributed by atoms with van der Waals surface area (Å²) in [5, 5.41) is 4.52. The number of methoxy groups -OCH3 is 2. The zero-order valence-corrected chi connectivity index (χ0v) is 11.6. The summed E-state index contributed by atoms with van der Waals surface area (Å²) < 4.78 is 12.4. The highest BCUT2D eigenvalue weighted by atomic mass is 16.5. The van der Waals surface area contributed by atoms with Crippen LogP contribution in [0.4, 0.5) is 0 Å². The molecule has 2 heterocycles. The lowest BCUT2D eigenvalue weighted by Crippen LogP contribution is -1.93. The van der Waals surface area contributed by atoms with E-state index >= 15 is 0 Å². The van der Waals surface area contributed by atoms with Gasteiger partial charge in [-0.15, -0.1) is 5.10 Å². The first-order chi connectivity index (χ1) is 9.72. The van der Waals surface area contributed by atoms with Crippen LogP contribution in [0.1, 0.15) is 5.69 Å². The van der Waals surface area contributed by atoms with Crippen molar-refractivity contribution in [3.8, 4) is 22.9 Å². The van der Waals surface area contributed by atoms with E-state index in [1.54, 1.807) is 14.2 Å². The first kappa shape index (κ1) is 12.5. The maximum Gasteiger partial charge on any atom is 0.182 e. The lowest BCUT2D eigenvalue weighted by molar-refractivity contribution is 0.355. The van der Waals surface area contributed by atoms with Gasteiger partial charge >= 0.3 is 0 Å². The van der Waals surface area contributed by atoms with E-state index in [0.717, 1.165) is 16.9 Å². The van der Waals surface area contributed by atoms with Gasteiger partial charge in [0.05, 0.1) is 14.2 Å². The van der Waals surface area contributed by atoms with Crippen molar-refractivity contribution in [3.05, 3.63) is 42.1 Å². The molecule has 0 radical (unpaired) electrons. The van der Waals surface area contributed by atoms with E-state index in [2.05, 4.69) is 10.1 Å². The van der Waals surface area contributed by atoms with Crippen LogP contribution in [0.5, 0.6) is 11.5 Å². The number of fused-ring (bicyclic) bond motifs is 1. The lowest BCUT2D eigenvalue weighted by atomic mass is 10.2. The summed E-state index contributed by atoms with van der Waals surface area (Å²) in [6, 6.07) is 11.6. The van der Waals surface area contributed by atoms with Gasteiger partial charge in [0.25, 0.3) is 0 Å². The third-order valence-electron chi connectivity index (χ3n) is 3.19. The second-order valence-electron chi connectivity index (χ2n) is 4.44. The van der Waals surface area contributed by atoms with Gasteiger partial charge in [-0.3, -0.25) is 0 Å². The molecule has 0 saturated heterocycles. The molecule has 20 heavy (non-hydrogen) atoms. The van der Waals surface area contributed by atoms with Gasteiger partial charge < -0.3 is 9.47 Å². The van der Waals surface area contributed by atoms with E-state index < -0.39 is 0 Å². The van der Waals surface area contributed by atoms with Crippen molar-refractivity contribution in [2.24, 2.45) is 0 Å². The van der Waals surface area contributed by atoms with Crippen LogP contribution in [0.3, 0.4) is 0 Å². The van der Waals surface area contributed by atoms with Crippen molar-refractivity contribution in [2.45, 2.75) is 6.92 Å². The molecule has 2 aromatic heterocycles. The van der Waals surface area contributed by atoms with Crippen LogP contribution in [0.2, 0.25) is 0 Å². The number of hydrogen-bond acceptors (Lipinski definition) is 4. The molecular formula is C15H15N3O2.